The highest BCUT2D eigenvalue weighted by Crippen LogP contribution is 2.31. The Balaban J connectivity index is 1.65. The van der Waals surface area contributed by atoms with E-state index in [1.54, 1.807) is 6.92 Å². The van der Waals surface area contributed by atoms with E-state index in [0.29, 0.717) is 19.2 Å². The Morgan fingerprint density at radius 1 is 0.970 bits per heavy atom. The third-order valence-corrected chi connectivity index (χ3v) is 7.73. The first-order valence-corrected chi connectivity index (χ1v) is 12.2. The van der Waals surface area contributed by atoms with Gasteiger partial charge in [-0.1, -0.05) is 38.1 Å². The number of alkyl halides is 3. The molecule has 0 saturated carbocycles. The van der Waals surface area contributed by atoms with Gasteiger partial charge in [-0.25, -0.2) is 8.42 Å². The van der Waals surface area contributed by atoms with E-state index in [9.17, 15) is 26.4 Å². The molecule has 1 saturated heterocycles. The number of sulfonamides is 1. The van der Waals surface area contributed by atoms with Crippen LogP contribution >= 0.6 is 0 Å². The Hall–Kier alpha value is -2.43. The SMILES string of the molecule is CC(C)c1ccccc1NC(=O)[C@H](C)N1CCN(S(=O)(=O)c2cccc(C(F)(F)F)c2)CC1. The summed E-state index contributed by atoms with van der Waals surface area (Å²) in [7, 11) is -4.07. The summed E-state index contributed by atoms with van der Waals surface area (Å²) in [4.78, 5) is 14.3. The van der Waals surface area contributed by atoms with Gasteiger partial charge in [-0.3, -0.25) is 9.69 Å². The fraction of sp³-hybridized carbons (Fsp3) is 0.435. The Bertz CT molecular complexity index is 1100. The van der Waals surface area contributed by atoms with Gasteiger partial charge in [-0.15, -0.1) is 0 Å². The predicted octanol–water partition coefficient (Wildman–Crippen LogP) is 4.16. The molecule has 3 rings (SSSR count). The van der Waals surface area contributed by atoms with Crippen LogP contribution in [-0.4, -0.2) is 55.8 Å². The van der Waals surface area contributed by atoms with E-state index in [1.165, 1.54) is 6.07 Å². The van der Waals surface area contributed by atoms with Gasteiger partial charge in [0, 0.05) is 31.9 Å². The van der Waals surface area contributed by atoms with E-state index >= 15 is 0 Å². The van der Waals surface area contributed by atoms with Gasteiger partial charge < -0.3 is 5.32 Å². The maximum Gasteiger partial charge on any atom is 0.416 e. The number of benzene rings is 2. The Kier molecular flexibility index (Phi) is 7.50. The molecule has 1 aliphatic heterocycles. The highest BCUT2D eigenvalue weighted by Gasteiger charge is 2.35. The van der Waals surface area contributed by atoms with E-state index in [-0.39, 0.29) is 29.8 Å². The van der Waals surface area contributed by atoms with Gasteiger partial charge in [0.2, 0.25) is 15.9 Å². The number of piperazine rings is 1. The van der Waals surface area contributed by atoms with Crippen LogP contribution in [-0.2, 0) is 21.0 Å². The van der Waals surface area contributed by atoms with Crippen molar-refractivity contribution in [1.29, 1.82) is 0 Å². The molecule has 0 unspecified atom stereocenters. The van der Waals surface area contributed by atoms with E-state index in [1.807, 2.05) is 43.0 Å². The third kappa shape index (κ3) is 5.74. The average molecular weight is 484 g/mol. The van der Waals surface area contributed by atoms with Gasteiger partial charge in [0.1, 0.15) is 0 Å². The van der Waals surface area contributed by atoms with Crippen molar-refractivity contribution in [2.75, 3.05) is 31.5 Å². The number of halogens is 3. The highest BCUT2D eigenvalue weighted by atomic mass is 32.2. The second-order valence-electron chi connectivity index (χ2n) is 8.37. The van der Waals surface area contributed by atoms with Gasteiger partial charge >= 0.3 is 6.18 Å². The van der Waals surface area contributed by atoms with Crippen LogP contribution in [0.2, 0.25) is 0 Å². The van der Waals surface area contributed by atoms with Crippen LogP contribution in [0.3, 0.4) is 0 Å². The highest BCUT2D eigenvalue weighted by molar-refractivity contribution is 7.89. The summed E-state index contributed by atoms with van der Waals surface area (Å²) in [5.74, 6) is 0.0405. The van der Waals surface area contributed by atoms with E-state index in [4.69, 9.17) is 0 Å². The summed E-state index contributed by atoms with van der Waals surface area (Å²) in [6.07, 6.45) is -4.62. The zero-order valence-electron chi connectivity index (χ0n) is 18.8. The summed E-state index contributed by atoms with van der Waals surface area (Å²) < 4.78 is 65.9. The number of para-hydroxylation sites is 1. The number of nitrogens with one attached hydrogen (secondary N) is 1. The third-order valence-electron chi connectivity index (χ3n) is 5.84. The summed E-state index contributed by atoms with van der Waals surface area (Å²) >= 11 is 0. The minimum Gasteiger partial charge on any atom is -0.324 e. The number of carbonyl (C=O) groups excluding carboxylic acids is 1. The Morgan fingerprint density at radius 2 is 1.61 bits per heavy atom. The lowest BCUT2D eigenvalue weighted by molar-refractivity contribution is -0.137. The molecule has 1 aliphatic rings. The van der Waals surface area contributed by atoms with E-state index in [0.717, 1.165) is 27.7 Å². The molecule has 1 fully saturated rings. The zero-order chi connectivity index (χ0) is 24.4. The topological polar surface area (TPSA) is 69.7 Å². The van der Waals surface area contributed by atoms with Crippen molar-refractivity contribution in [2.24, 2.45) is 0 Å². The van der Waals surface area contributed by atoms with E-state index in [2.05, 4.69) is 5.32 Å². The number of hydrogen-bond acceptors (Lipinski definition) is 4. The zero-order valence-corrected chi connectivity index (χ0v) is 19.6. The summed E-state index contributed by atoms with van der Waals surface area (Å²) in [6, 6.07) is 10.8. The number of rotatable bonds is 6. The van der Waals surface area contributed by atoms with Gasteiger partial charge in [-0.05, 0) is 42.7 Å². The fourth-order valence-corrected chi connectivity index (χ4v) is 5.30. The van der Waals surface area contributed by atoms with Crippen LogP contribution in [0.1, 0.15) is 37.8 Å². The molecular weight excluding hydrogens is 455 g/mol. The lowest BCUT2D eigenvalue weighted by atomic mass is 10.0. The summed E-state index contributed by atoms with van der Waals surface area (Å²) in [5, 5.41) is 2.96. The predicted molar refractivity (Wildman–Crippen MR) is 120 cm³/mol. The number of anilines is 1. The molecule has 6 nitrogen and oxygen atoms in total. The first-order chi connectivity index (χ1) is 15.4. The molecular formula is C23H28F3N3O3S. The van der Waals surface area contributed by atoms with Crippen molar-refractivity contribution in [3.63, 3.8) is 0 Å². The van der Waals surface area contributed by atoms with Gasteiger partial charge in [0.05, 0.1) is 16.5 Å². The number of amides is 1. The number of carbonyl (C=O) groups is 1. The minimum atomic E-state index is -4.62. The monoisotopic (exact) mass is 483 g/mol. The first kappa shape index (κ1) is 25.2. The molecule has 1 N–H and O–H groups in total. The molecule has 33 heavy (non-hydrogen) atoms. The summed E-state index contributed by atoms with van der Waals surface area (Å²) in [6.45, 7) is 6.58. The molecule has 1 heterocycles. The van der Waals surface area contributed by atoms with Gasteiger partial charge in [-0.2, -0.15) is 17.5 Å². The average Bonchev–Trinajstić information content (AvgIpc) is 2.78. The maximum atomic E-state index is 13.0. The van der Waals surface area contributed by atoms with Crippen molar-refractivity contribution in [3.8, 4) is 0 Å². The van der Waals surface area contributed by atoms with Crippen molar-refractivity contribution in [3.05, 3.63) is 59.7 Å². The molecule has 0 bridgehead atoms. The van der Waals surface area contributed by atoms with Crippen LogP contribution in [0, 0.1) is 0 Å². The molecule has 2 aromatic carbocycles. The molecule has 1 amide bonds. The standard InChI is InChI=1S/C23H28F3N3O3S/c1-16(2)20-9-4-5-10-21(20)27-22(30)17(3)28-11-13-29(14-12-28)33(31,32)19-8-6-7-18(15-19)23(24,25)26/h4-10,15-17H,11-14H2,1-3H3,(H,27,30)/t17-/m0/s1. The second kappa shape index (κ2) is 9.82. The van der Waals surface area contributed by atoms with Crippen LogP contribution in [0.4, 0.5) is 18.9 Å². The van der Waals surface area contributed by atoms with Gasteiger partial charge in [0.15, 0.2) is 0 Å². The first-order valence-electron chi connectivity index (χ1n) is 10.7. The molecule has 180 valence electrons. The smallest absolute Gasteiger partial charge is 0.324 e. The second-order valence-corrected chi connectivity index (χ2v) is 10.3. The molecule has 1 atom stereocenters. The van der Waals surface area contributed by atoms with Gasteiger partial charge in [0.25, 0.3) is 0 Å². The largest absolute Gasteiger partial charge is 0.416 e. The fourth-order valence-electron chi connectivity index (χ4n) is 3.83. The number of nitrogens with zero attached hydrogens (tertiary/aromatic N) is 2. The summed E-state index contributed by atoms with van der Waals surface area (Å²) in [5.41, 5.74) is 0.763. The quantitative estimate of drug-likeness (QED) is 0.670. The molecule has 0 radical (unpaired) electrons. The van der Waals surface area contributed by atoms with Crippen LogP contribution in [0.15, 0.2) is 53.4 Å². The lowest BCUT2D eigenvalue weighted by Gasteiger charge is -2.36. The minimum absolute atomic E-state index is 0.0821. The molecule has 0 aromatic heterocycles. The maximum absolute atomic E-state index is 13.0. The number of hydrogen-bond donors (Lipinski definition) is 1. The Labute approximate surface area is 192 Å². The van der Waals surface area contributed by atoms with Crippen LogP contribution in [0.25, 0.3) is 0 Å². The normalized spacial score (nSPS) is 17.2. The van der Waals surface area contributed by atoms with Crippen molar-refractivity contribution in [1.82, 2.24) is 9.21 Å². The van der Waals surface area contributed by atoms with Crippen molar-refractivity contribution >= 4 is 21.6 Å². The lowest BCUT2D eigenvalue weighted by Crippen LogP contribution is -2.53. The van der Waals surface area contributed by atoms with E-state index < -0.39 is 27.8 Å². The molecule has 2 aromatic rings. The molecule has 10 heteroatoms. The Morgan fingerprint density at radius 3 is 2.21 bits per heavy atom. The van der Waals surface area contributed by atoms with Crippen molar-refractivity contribution in [2.45, 2.75) is 43.8 Å². The molecule has 0 aliphatic carbocycles. The van der Waals surface area contributed by atoms with Crippen LogP contribution < -0.4 is 5.32 Å². The molecule has 0 spiro atoms. The van der Waals surface area contributed by atoms with Crippen molar-refractivity contribution < 1.29 is 26.4 Å². The van der Waals surface area contributed by atoms with Crippen LogP contribution in [0.5, 0.6) is 0 Å².